The third-order valence-electron chi connectivity index (χ3n) is 1.47. The second kappa shape index (κ2) is 2.84. The van der Waals surface area contributed by atoms with Crippen molar-refractivity contribution in [1.29, 1.82) is 0 Å². The van der Waals surface area contributed by atoms with Gasteiger partial charge in [0, 0.05) is 5.02 Å². The number of thiazole rings is 1. The van der Waals surface area contributed by atoms with Gasteiger partial charge in [0.1, 0.15) is 0 Å². The maximum atomic E-state index is 10.4. The average molecular weight is 198 g/mol. The minimum absolute atomic E-state index is 0.493. The lowest BCUT2D eigenvalue weighted by atomic mass is 10.3. The van der Waals surface area contributed by atoms with Crippen LogP contribution in [-0.4, -0.2) is 11.3 Å². The van der Waals surface area contributed by atoms with E-state index in [2.05, 4.69) is 4.98 Å². The lowest BCUT2D eigenvalue weighted by Gasteiger charge is -1.86. The number of aromatic nitrogens is 1. The van der Waals surface area contributed by atoms with Crippen molar-refractivity contribution in [3.05, 3.63) is 28.2 Å². The molecule has 0 saturated heterocycles. The molecule has 0 aliphatic heterocycles. The molecule has 1 aromatic heterocycles. The highest BCUT2D eigenvalue weighted by molar-refractivity contribution is 7.20. The number of nitrogens with zero attached hydrogens (tertiary/aromatic N) is 1. The van der Waals surface area contributed by atoms with Gasteiger partial charge in [-0.3, -0.25) is 4.79 Å². The van der Waals surface area contributed by atoms with Crippen molar-refractivity contribution in [1.82, 2.24) is 4.98 Å². The fraction of sp³-hybridized carbons (Fsp3) is 0. The van der Waals surface area contributed by atoms with E-state index < -0.39 is 0 Å². The van der Waals surface area contributed by atoms with Gasteiger partial charge in [0.15, 0.2) is 11.3 Å². The third-order valence-corrected chi connectivity index (χ3v) is 2.65. The summed E-state index contributed by atoms with van der Waals surface area (Å²) in [6.45, 7) is 0. The van der Waals surface area contributed by atoms with E-state index in [1.54, 1.807) is 12.1 Å². The Balaban J connectivity index is 2.75. The summed E-state index contributed by atoms with van der Waals surface area (Å²) in [5, 5.41) is 1.16. The number of carbonyl (C=O) groups is 1. The first-order chi connectivity index (χ1) is 5.79. The molecule has 0 atom stereocenters. The molecule has 1 aromatic carbocycles. The van der Waals surface area contributed by atoms with E-state index in [0.29, 0.717) is 10.0 Å². The van der Waals surface area contributed by atoms with Crippen LogP contribution in [0, 0.1) is 0 Å². The minimum atomic E-state index is 0.493. The molecule has 0 saturated carbocycles. The number of benzene rings is 1. The van der Waals surface area contributed by atoms with Crippen LogP contribution in [0.15, 0.2) is 18.2 Å². The molecule has 0 unspecified atom stereocenters. The number of fused-ring (bicyclic) bond motifs is 1. The van der Waals surface area contributed by atoms with E-state index in [9.17, 15) is 4.79 Å². The summed E-state index contributed by atoms with van der Waals surface area (Å²) in [6.07, 6.45) is 0.749. The summed E-state index contributed by atoms with van der Waals surface area (Å²) in [7, 11) is 0. The SMILES string of the molecule is O=Cc1nc2ccc(Cl)cc2s1. The summed E-state index contributed by atoms with van der Waals surface area (Å²) < 4.78 is 0.949. The monoisotopic (exact) mass is 197 g/mol. The molecule has 0 N–H and O–H groups in total. The van der Waals surface area contributed by atoms with Crippen molar-refractivity contribution < 1.29 is 4.79 Å². The van der Waals surface area contributed by atoms with E-state index >= 15 is 0 Å². The Labute approximate surface area is 77.8 Å². The van der Waals surface area contributed by atoms with E-state index in [-0.39, 0.29) is 0 Å². The van der Waals surface area contributed by atoms with Crippen LogP contribution in [0.3, 0.4) is 0 Å². The Morgan fingerprint density at radius 2 is 2.33 bits per heavy atom. The molecule has 2 aromatic rings. The Morgan fingerprint density at radius 3 is 3.08 bits per heavy atom. The standard InChI is InChI=1S/C8H4ClNOS/c9-5-1-2-6-7(3-5)12-8(4-11)10-6/h1-4H. The van der Waals surface area contributed by atoms with Crippen LogP contribution in [-0.2, 0) is 0 Å². The molecule has 4 heteroatoms. The first-order valence-corrected chi connectivity index (χ1v) is 4.50. The van der Waals surface area contributed by atoms with Crippen LogP contribution in [0.2, 0.25) is 5.02 Å². The lowest BCUT2D eigenvalue weighted by Crippen LogP contribution is -1.72. The number of rotatable bonds is 1. The van der Waals surface area contributed by atoms with Crippen molar-refractivity contribution in [2.24, 2.45) is 0 Å². The molecule has 0 spiro atoms. The summed E-state index contributed by atoms with van der Waals surface area (Å²) in [5.74, 6) is 0. The van der Waals surface area contributed by atoms with Gasteiger partial charge in [-0.15, -0.1) is 11.3 Å². The molecular weight excluding hydrogens is 194 g/mol. The predicted octanol–water partition coefficient (Wildman–Crippen LogP) is 2.76. The van der Waals surface area contributed by atoms with Gasteiger partial charge in [-0.25, -0.2) is 4.98 Å². The Kier molecular flexibility index (Phi) is 1.83. The average Bonchev–Trinajstić information content (AvgIpc) is 2.46. The van der Waals surface area contributed by atoms with Gasteiger partial charge in [0.25, 0.3) is 0 Å². The molecule has 12 heavy (non-hydrogen) atoms. The first kappa shape index (κ1) is 7.71. The van der Waals surface area contributed by atoms with E-state index in [1.165, 1.54) is 11.3 Å². The number of hydrogen-bond acceptors (Lipinski definition) is 3. The Hall–Kier alpha value is -0.930. The molecule has 0 aliphatic rings. The van der Waals surface area contributed by atoms with Gasteiger partial charge < -0.3 is 0 Å². The second-order valence-corrected chi connectivity index (χ2v) is 3.78. The predicted molar refractivity (Wildman–Crippen MR) is 50.0 cm³/mol. The van der Waals surface area contributed by atoms with Crippen LogP contribution in [0.5, 0.6) is 0 Å². The molecule has 0 amide bonds. The summed E-state index contributed by atoms with van der Waals surface area (Å²) in [4.78, 5) is 14.4. The highest BCUT2D eigenvalue weighted by Crippen LogP contribution is 2.23. The van der Waals surface area contributed by atoms with Crippen LogP contribution < -0.4 is 0 Å². The van der Waals surface area contributed by atoms with Gasteiger partial charge >= 0.3 is 0 Å². The summed E-state index contributed by atoms with van der Waals surface area (Å²) in [5.41, 5.74) is 0.825. The second-order valence-electron chi connectivity index (χ2n) is 2.28. The van der Waals surface area contributed by atoms with E-state index in [1.807, 2.05) is 6.07 Å². The highest BCUT2D eigenvalue weighted by atomic mass is 35.5. The van der Waals surface area contributed by atoms with Gasteiger partial charge in [-0.1, -0.05) is 11.6 Å². The zero-order valence-electron chi connectivity index (χ0n) is 5.95. The fourth-order valence-electron chi connectivity index (χ4n) is 0.967. The third kappa shape index (κ3) is 1.21. The van der Waals surface area contributed by atoms with E-state index in [0.717, 1.165) is 16.5 Å². The topological polar surface area (TPSA) is 30.0 Å². The highest BCUT2D eigenvalue weighted by Gasteiger charge is 2.01. The normalized spacial score (nSPS) is 10.4. The van der Waals surface area contributed by atoms with Crippen LogP contribution in [0.4, 0.5) is 0 Å². The molecule has 1 heterocycles. The van der Waals surface area contributed by atoms with Gasteiger partial charge in [0.05, 0.1) is 10.2 Å². The van der Waals surface area contributed by atoms with Crippen LogP contribution in [0.25, 0.3) is 10.2 Å². The molecule has 0 radical (unpaired) electrons. The van der Waals surface area contributed by atoms with Crippen molar-refractivity contribution >= 4 is 39.4 Å². The van der Waals surface area contributed by atoms with Gasteiger partial charge in [-0.2, -0.15) is 0 Å². The number of hydrogen-bond donors (Lipinski definition) is 0. The maximum absolute atomic E-state index is 10.4. The smallest absolute Gasteiger partial charge is 0.178 e. The van der Waals surface area contributed by atoms with E-state index in [4.69, 9.17) is 11.6 Å². The van der Waals surface area contributed by atoms with Crippen molar-refractivity contribution in [3.8, 4) is 0 Å². The summed E-state index contributed by atoms with van der Waals surface area (Å²) >= 11 is 7.11. The van der Waals surface area contributed by atoms with Gasteiger partial charge in [-0.05, 0) is 18.2 Å². The molecular formula is C8H4ClNOS. The molecule has 2 nitrogen and oxygen atoms in total. The van der Waals surface area contributed by atoms with Crippen molar-refractivity contribution in [3.63, 3.8) is 0 Å². The van der Waals surface area contributed by atoms with Crippen LogP contribution in [0.1, 0.15) is 9.80 Å². The number of carbonyl (C=O) groups excluding carboxylic acids is 1. The fourth-order valence-corrected chi connectivity index (χ4v) is 2.03. The molecule has 0 bridgehead atoms. The molecule has 0 aliphatic carbocycles. The maximum Gasteiger partial charge on any atom is 0.178 e. The van der Waals surface area contributed by atoms with Crippen molar-refractivity contribution in [2.45, 2.75) is 0 Å². The lowest BCUT2D eigenvalue weighted by molar-refractivity contribution is 0.112. The van der Waals surface area contributed by atoms with Crippen LogP contribution >= 0.6 is 22.9 Å². The molecule has 2 rings (SSSR count). The minimum Gasteiger partial charge on any atom is -0.295 e. The summed E-state index contributed by atoms with van der Waals surface area (Å²) in [6, 6.07) is 5.38. The quantitative estimate of drug-likeness (QED) is 0.658. The zero-order chi connectivity index (χ0) is 8.55. The Morgan fingerprint density at radius 1 is 1.50 bits per heavy atom. The Bertz CT molecular complexity index is 438. The molecule has 0 fully saturated rings. The number of halogens is 1. The number of aldehydes is 1. The van der Waals surface area contributed by atoms with Gasteiger partial charge in [0.2, 0.25) is 0 Å². The first-order valence-electron chi connectivity index (χ1n) is 3.31. The van der Waals surface area contributed by atoms with Crippen molar-refractivity contribution in [2.75, 3.05) is 0 Å². The zero-order valence-corrected chi connectivity index (χ0v) is 7.52. The largest absolute Gasteiger partial charge is 0.295 e. The molecule has 60 valence electrons.